The third kappa shape index (κ3) is 4.84. The van der Waals surface area contributed by atoms with Crippen LogP contribution < -0.4 is 5.32 Å². The number of amides is 3. The molecule has 2 aliphatic heterocycles. The van der Waals surface area contributed by atoms with E-state index in [-0.39, 0.29) is 23.8 Å². The van der Waals surface area contributed by atoms with E-state index in [2.05, 4.69) is 5.32 Å². The molecule has 1 aromatic rings. The molecule has 3 rings (SSSR count). The van der Waals surface area contributed by atoms with Crippen LogP contribution in [0.2, 0.25) is 0 Å². The lowest BCUT2D eigenvalue weighted by atomic mass is 9.92. The zero-order valence-electron chi connectivity index (χ0n) is 16.0. The topological polar surface area (TPSA) is 75.7 Å². The van der Waals surface area contributed by atoms with Crippen LogP contribution in [0.5, 0.6) is 0 Å². The van der Waals surface area contributed by atoms with Crippen molar-refractivity contribution in [2.75, 3.05) is 13.1 Å². The van der Waals surface area contributed by atoms with Crippen molar-refractivity contribution in [2.45, 2.75) is 47.1 Å². The number of ether oxygens (including phenoxy) is 1. The molecule has 6 heteroatoms. The van der Waals surface area contributed by atoms with Crippen LogP contribution in [0.1, 0.15) is 46.1 Å². The van der Waals surface area contributed by atoms with Gasteiger partial charge in [-0.1, -0.05) is 58.0 Å². The highest BCUT2D eigenvalue weighted by atomic mass is 16.6. The fourth-order valence-corrected chi connectivity index (χ4v) is 2.78. The minimum Gasteiger partial charge on any atom is -0.444 e. The Hall–Kier alpha value is -2.37. The van der Waals surface area contributed by atoms with Crippen LogP contribution in [0, 0.1) is 10.8 Å². The molecule has 2 fully saturated rings. The predicted octanol–water partition coefficient (Wildman–Crippen LogP) is 3.11. The molecule has 142 valence electrons. The maximum Gasteiger partial charge on any atom is 0.416 e. The maximum absolute atomic E-state index is 11.9. The first kappa shape index (κ1) is 19.9. The summed E-state index contributed by atoms with van der Waals surface area (Å²) in [5.74, 6) is 0.0399. The molecule has 2 aliphatic rings. The fourth-order valence-electron chi connectivity index (χ4n) is 2.78. The number of carbonyl (C=O) groups is 3. The highest BCUT2D eigenvalue weighted by Crippen LogP contribution is 2.30. The number of likely N-dealkylation sites (tertiary alicyclic amines) is 1. The van der Waals surface area contributed by atoms with Gasteiger partial charge in [-0.3, -0.25) is 9.59 Å². The fraction of sp³-hybridized carbons (Fsp3) is 0.550. The summed E-state index contributed by atoms with van der Waals surface area (Å²) in [5, 5.41) is 2.77. The van der Waals surface area contributed by atoms with E-state index >= 15 is 0 Å². The zero-order valence-corrected chi connectivity index (χ0v) is 16.0. The molecule has 0 unspecified atom stereocenters. The Morgan fingerprint density at radius 3 is 2.15 bits per heavy atom. The molecule has 2 saturated heterocycles. The van der Waals surface area contributed by atoms with Crippen LogP contribution in [-0.4, -0.2) is 35.9 Å². The van der Waals surface area contributed by atoms with E-state index in [9.17, 15) is 14.4 Å². The third-order valence-electron chi connectivity index (χ3n) is 4.86. The van der Waals surface area contributed by atoms with Gasteiger partial charge in [0.15, 0.2) is 0 Å². The lowest BCUT2D eigenvalue weighted by Crippen LogP contribution is -2.36. The van der Waals surface area contributed by atoms with Crippen molar-refractivity contribution in [3.63, 3.8) is 0 Å². The predicted molar refractivity (Wildman–Crippen MR) is 98.1 cm³/mol. The van der Waals surface area contributed by atoms with Gasteiger partial charge in [0, 0.05) is 23.9 Å². The molecule has 26 heavy (non-hydrogen) atoms. The molecule has 0 aliphatic carbocycles. The normalized spacial score (nSPS) is 20.2. The monoisotopic (exact) mass is 360 g/mol. The number of rotatable bonds is 2. The highest BCUT2D eigenvalue weighted by Gasteiger charge is 2.42. The number of nitrogens with one attached hydrogen (secondary N) is 1. The van der Waals surface area contributed by atoms with Gasteiger partial charge >= 0.3 is 6.09 Å². The Bertz CT molecular complexity index is 668. The average Bonchev–Trinajstić information content (AvgIpc) is 3.05. The van der Waals surface area contributed by atoms with E-state index in [1.54, 1.807) is 0 Å². The quantitative estimate of drug-likeness (QED) is 0.879. The molecule has 0 radical (unpaired) electrons. The number of benzene rings is 1. The van der Waals surface area contributed by atoms with Gasteiger partial charge in [0.05, 0.1) is 0 Å². The van der Waals surface area contributed by atoms with E-state index in [4.69, 9.17) is 4.74 Å². The molecule has 0 spiro atoms. The zero-order chi connectivity index (χ0) is 19.4. The first-order valence-corrected chi connectivity index (χ1v) is 8.94. The van der Waals surface area contributed by atoms with Gasteiger partial charge in [-0.15, -0.1) is 0 Å². The molecule has 1 aromatic carbocycles. The third-order valence-corrected chi connectivity index (χ3v) is 4.86. The maximum atomic E-state index is 11.9. The van der Waals surface area contributed by atoms with Crippen LogP contribution in [-0.2, 0) is 20.9 Å². The number of hydrogen-bond donors (Lipinski definition) is 1. The molecule has 0 atom stereocenters. The second kappa shape index (κ2) is 7.89. The molecular weight excluding hydrogens is 332 g/mol. The largest absolute Gasteiger partial charge is 0.444 e. The van der Waals surface area contributed by atoms with Crippen molar-refractivity contribution in [2.24, 2.45) is 10.8 Å². The van der Waals surface area contributed by atoms with Crippen molar-refractivity contribution >= 4 is 17.9 Å². The molecule has 0 saturated carbocycles. The van der Waals surface area contributed by atoms with Crippen LogP contribution in [0.3, 0.4) is 0 Å². The molecule has 0 aromatic heterocycles. The minimum atomic E-state index is -0.547. The van der Waals surface area contributed by atoms with E-state index < -0.39 is 11.5 Å². The minimum absolute atomic E-state index is 0.0972. The van der Waals surface area contributed by atoms with E-state index in [0.29, 0.717) is 13.0 Å². The standard InChI is InChI=1S/C14H17NO3.C6H11NO/c1-14(2)8-9-15(12(14)16)13(17)18-10-11-6-4-3-5-7-11;1-6(2)3-4-7-5(6)8/h3-7H,8-10H2,1-2H3;3-4H2,1-2H3,(H,7,8). The lowest BCUT2D eigenvalue weighted by Gasteiger charge is -2.17. The highest BCUT2D eigenvalue weighted by molar-refractivity contribution is 5.96. The molecule has 3 amide bonds. The van der Waals surface area contributed by atoms with Gasteiger partial charge in [-0.25, -0.2) is 9.69 Å². The summed E-state index contributed by atoms with van der Waals surface area (Å²) in [5.41, 5.74) is 0.364. The van der Waals surface area contributed by atoms with Crippen molar-refractivity contribution in [1.82, 2.24) is 10.2 Å². The molecule has 6 nitrogen and oxygen atoms in total. The average molecular weight is 360 g/mol. The summed E-state index contributed by atoms with van der Waals surface area (Å²) >= 11 is 0. The Morgan fingerprint density at radius 1 is 1.08 bits per heavy atom. The van der Waals surface area contributed by atoms with Gasteiger partial charge in [0.25, 0.3) is 0 Å². The first-order chi connectivity index (χ1) is 12.1. The second-order valence-corrected chi connectivity index (χ2v) is 8.02. The second-order valence-electron chi connectivity index (χ2n) is 8.02. The summed E-state index contributed by atoms with van der Waals surface area (Å²) in [4.78, 5) is 35.7. The molecule has 0 bridgehead atoms. The number of hydrogen-bond acceptors (Lipinski definition) is 4. The lowest BCUT2D eigenvalue weighted by molar-refractivity contribution is -0.133. The number of imide groups is 1. The van der Waals surface area contributed by atoms with Crippen LogP contribution in [0.15, 0.2) is 30.3 Å². The summed E-state index contributed by atoms with van der Waals surface area (Å²) in [6.45, 7) is 9.12. The van der Waals surface area contributed by atoms with Crippen LogP contribution in [0.4, 0.5) is 4.79 Å². The van der Waals surface area contributed by atoms with Gasteiger partial charge in [-0.2, -0.15) is 0 Å². The Labute approximate surface area is 154 Å². The summed E-state index contributed by atoms with van der Waals surface area (Å²) in [6, 6.07) is 9.42. The number of carbonyl (C=O) groups excluding carboxylic acids is 3. The van der Waals surface area contributed by atoms with Crippen molar-refractivity contribution in [3.05, 3.63) is 35.9 Å². The Balaban J connectivity index is 0.000000254. The van der Waals surface area contributed by atoms with Gasteiger partial charge in [0.2, 0.25) is 11.8 Å². The summed E-state index contributed by atoms with van der Waals surface area (Å²) in [7, 11) is 0. The van der Waals surface area contributed by atoms with Gasteiger partial charge < -0.3 is 10.1 Å². The van der Waals surface area contributed by atoms with Gasteiger partial charge in [0.1, 0.15) is 6.61 Å². The van der Waals surface area contributed by atoms with Crippen LogP contribution >= 0.6 is 0 Å². The SMILES string of the molecule is CC1(C)CCN(C(=O)OCc2ccccc2)C1=O.CC1(C)CCNC1=O. The first-order valence-electron chi connectivity index (χ1n) is 8.94. The van der Waals surface area contributed by atoms with Gasteiger partial charge in [-0.05, 0) is 18.4 Å². The van der Waals surface area contributed by atoms with E-state index in [1.165, 1.54) is 4.90 Å². The summed E-state index contributed by atoms with van der Waals surface area (Å²) < 4.78 is 5.14. The smallest absolute Gasteiger partial charge is 0.416 e. The van der Waals surface area contributed by atoms with Crippen molar-refractivity contribution in [1.29, 1.82) is 0 Å². The summed E-state index contributed by atoms with van der Waals surface area (Å²) in [6.07, 6.45) is 1.12. The van der Waals surface area contributed by atoms with Crippen molar-refractivity contribution < 1.29 is 19.1 Å². The van der Waals surface area contributed by atoms with E-state index in [0.717, 1.165) is 18.5 Å². The number of nitrogens with zero attached hydrogens (tertiary/aromatic N) is 1. The Kier molecular flexibility index (Phi) is 6.05. The van der Waals surface area contributed by atoms with Crippen molar-refractivity contribution in [3.8, 4) is 0 Å². The molecule has 1 N–H and O–H groups in total. The van der Waals surface area contributed by atoms with E-state index in [1.807, 2.05) is 58.0 Å². The van der Waals surface area contributed by atoms with Crippen LogP contribution in [0.25, 0.3) is 0 Å². The Morgan fingerprint density at radius 2 is 1.73 bits per heavy atom. The molecular formula is C20H28N2O4. The molecule has 2 heterocycles.